The molecule has 1 heterocycles. The summed E-state index contributed by atoms with van der Waals surface area (Å²) in [6.07, 6.45) is 1.70. The number of pyridine rings is 1. The van der Waals surface area contributed by atoms with Crippen LogP contribution in [0.2, 0.25) is 0 Å². The molecule has 1 aromatic carbocycles. The standard InChI is InChI=1S/C14H15NO2S/c1-17-12-6-4-11(5-7-12)10-18-14-3-2-8-15-13(14)9-16/h2-8,16H,9-10H2,1H3. The molecule has 0 atom stereocenters. The number of ether oxygens (including phenoxy) is 1. The number of thioether (sulfide) groups is 1. The van der Waals surface area contributed by atoms with Crippen molar-refractivity contribution in [2.45, 2.75) is 17.3 Å². The lowest BCUT2D eigenvalue weighted by Gasteiger charge is -2.06. The van der Waals surface area contributed by atoms with E-state index in [2.05, 4.69) is 4.98 Å². The van der Waals surface area contributed by atoms with Gasteiger partial charge in [0.05, 0.1) is 19.4 Å². The van der Waals surface area contributed by atoms with Gasteiger partial charge in [0.2, 0.25) is 0 Å². The molecular weight excluding hydrogens is 246 g/mol. The zero-order valence-corrected chi connectivity index (χ0v) is 11.0. The van der Waals surface area contributed by atoms with Crippen molar-refractivity contribution < 1.29 is 9.84 Å². The first-order chi connectivity index (χ1) is 8.83. The van der Waals surface area contributed by atoms with Crippen LogP contribution in [-0.4, -0.2) is 17.2 Å². The Bertz CT molecular complexity index is 499. The molecule has 0 saturated carbocycles. The molecule has 0 aliphatic carbocycles. The van der Waals surface area contributed by atoms with Gasteiger partial charge in [0.15, 0.2) is 0 Å². The number of aliphatic hydroxyl groups excluding tert-OH is 1. The highest BCUT2D eigenvalue weighted by Gasteiger charge is 2.03. The number of rotatable bonds is 5. The van der Waals surface area contributed by atoms with Crippen LogP contribution in [-0.2, 0) is 12.4 Å². The minimum absolute atomic E-state index is 0.0220. The van der Waals surface area contributed by atoms with Gasteiger partial charge in [-0.15, -0.1) is 11.8 Å². The minimum atomic E-state index is -0.0220. The molecular formula is C14H15NO2S. The van der Waals surface area contributed by atoms with Crippen molar-refractivity contribution in [2.75, 3.05) is 7.11 Å². The van der Waals surface area contributed by atoms with Gasteiger partial charge in [0.1, 0.15) is 5.75 Å². The van der Waals surface area contributed by atoms with Gasteiger partial charge in [0.25, 0.3) is 0 Å². The van der Waals surface area contributed by atoms with E-state index in [0.717, 1.165) is 22.1 Å². The molecule has 0 radical (unpaired) electrons. The predicted octanol–water partition coefficient (Wildman–Crippen LogP) is 2.87. The van der Waals surface area contributed by atoms with E-state index in [1.807, 2.05) is 36.4 Å². The molecule has 4 heteroatoms. The van der Waals surface area contributed by atoms with Crippen molar-refractivity contribution in [1.29, 1.82) is 0 Å². The van der Waals surface area contributed by atoms with E-state index >= 15 is 0 Å². The number of aliphatic hydroxyl groups is 1. The lowest BCUT2D eigenvalue weighted by molar-refractivity contribution is 0.273. The first-order valence-electron chi connectivity index (χ1n) is 5.64. The number of aromatic nitrogens is 1. The predicted molar refractivity (Wildman–Crippen MR) is 72.7 cm³/mol. The molecule has 0 fully saturated rings. The summed E-state index contributed by atoms with van der Waals surface area (Å²) in [5, 5.41) is 9.19. The van der Waals surface area contributed by atoms with Crippen LogP contribution in [0.15, 0.2) is 47.5 Å². The van der Waals surface area contributed by atoms with E-state index in [0.29, 0.717) is 0 Å². The van der Waals surface area contributed by atoms with E-state index in [9.17, 15) is 5.11 Å². The molecule has 2 aromatic rings. The molecule has 3 nitrogen and oxygen atoms in total. The van der Waals surface area contributed by atoms with Gasteiger partial charge < -0.3 is 9.84 Å². The maximum Gasteiger partial charge on any atom is 0.118 e. The third-order valence-corrected chi connectivity index (χ3v) is 3.71. The Labute approximate surface area is 111 Å². The largest absolute Gasteiger partial charge is 0.497 e. The van der Waals surface area contributed by atoms with Crippen molar-refractivity contribution in [1.82, 2.24) is 4.98 Å². The van der Waals surface area contributed by atoms with Gasteiger partial charge in [0, 0.05) is 16.8 Å². The molecule has 1 aromatic heterocycles. The molecule has 0 spiro atoms. The fourth-order valence-corrected chi connectivity index (χ4v) is 2.53. The topological polar surface area (TPSA) is 42.4 Å². The summed E-state index contributed by atoms with van der Waals surface area (Å²) < 4.78 is 5.12. The van der Waals surface area contributed by atoms with Crippen LogP contribution in [0.5, 0.6) is 5.75 Å². The molecule has 2 rings (SSSR count). The van der Waals surface area contributed by atoms with Gasteiger partial charge in [-0.1, -0.05) is 12.1 Å². The number of benzene rings is 1. The summed E-state index contributed by atoms with van der Waals surface area (Å²) in [7, 11) is 1.66. The van der Waals surface area contributed by atoms with E-state index < -0.39 is 0 Å². The van der Waals surface area contributed by atoms with Gasteiger partial charge in [-0.25, -0.2) is 0 Å². The highest BCUT2D eigenvalue weighted by molar-refractivity contribution is 7.98. The van der Waals surface area contributed by atoms with E-state index in [-0.39, 0.29) is 6.61 Å². The normalized spacial score (nSPS) is 10.3. The van der Waals surface area contributed by atoms with Gasteiger partial charge in [-0.2, -0.15) is 0 Å². The van der Waals surface area contributed by atoms with Crippen molar-refractivity contribution in [3.63, 3.8) is 0 Å². The fraction of sp³-hybridized carbons (Fsp3) is 0.214. The van der Waals surface area contributed by atoms with E-state index in [4.69, 9.17) is 4.74 Å². The highest BCUT2D eigenvalue weighted by atomic mass is 32.2. The van der Waals surface area contributed by atoms with Crippen LogP contribution >= 0.6 is 11.8 Å². The third-order valence-electron chi connectivity index (χ3n) is 2.55. The first-order valence-corrected chi connectivity index (χ1v) is 6.62. The lowest BCUT2D eigenvalue weighted by Crippen LogP contribution is -1.92. The molecule has 0 bridgehead atoms. The van der Waals surface area contributed by atoms with Crippen LogP contribution in [0.4, 0.5) is 0 Å². The summed E-state index contributed by atoms with van der Waals surface area (Å²) in [5.74, 6) is 1.71. The summed E-state index contributed by atoms with van der Waals surface area (Å²) >= 11 is 1.67. The third kappa shape index (κ3) is 3.24. The Morgan fingerprint density at radius 3 is 2.67 bits per heavy atom. The summed E-state index contributed by atoms with van der Waals surface area (Å²) in [5.41, 5.74) is 1.95. The van der Waals surface area contributed by atoms with Gasteiger partial charge >= 0.3 is 0 Å². The molecule has 0 aliphatic heterocycles. The SMILES string of the molecule is COc1ccc(CSc2cccnc2CO)cc1. The summed E-state index contributed by atoms with van der Waals surface area (Å²) in [4.78, 5) is 5.17. The number of hydrogen-bond donors (Lipinski definition) is 1. The smallest absolute Gasteiger partial charge is 0.118 e. The Kier molecular flexibility index (Phi) is 4.61. The second-order valence-electron chi connectivity index (χ2n) is 3.74. The molecule has 0 unspecified atom stereocenters. The Hall–Kier alpha value is -1.52. The number of methoxy groups -OCH3 is 1. The zero-order valence-electron chi connectivity index (χ0n) is 10.2. The highest BCUT2D eigenvalue weighted by Crippen LogP contribution is 2.25. The average Bonchev–Trinajstić information content (AvgIpc) is 2.46. The molecule has 94 valence electrons. The summed E-state index contributed by atoms with van der Waals surface area (Å²) in [6, 6.07) is 11.8. The van der Waals surface area contributed by atoms with Crippen LogP contribution in [0.25, 0.3) is 0 Å². The maximum absolute atomic E-state index is 9.19. The van der Waals surface area contributed by atoms with Gasteiger partial charge in [-0.3, -0.25) is 4.98 Å². The zero-order chi connectivity index (χ0) is 12.8. The fourth-order valence-electron chi connectivity index (χ4n) is 1.56. The molecule has 0 saturated heterocycles. The number of hydrogen-bond acceptors (Lipinski definition) is 4. The maximum atomic E-state index is 9.19. The van der Waals surface area contributed by atoms with Gasteiger partial charge in [-0.05, 0) is 29.8 Å². The van der Waals surface area contributed by atoms with Crippen molar-refractivity contribution in [2.24, 2.45) is 0 Å². The van der Waals surface area contributed by atoms with Crippen LogP contribution in [0.1, 0.15) is 11.3 Å². The first kappa shape index (κ1) is 12.9. The van der Waals surface area contributed by atoms with E-state index in [1.54, 1.807) is 25.1 Å². The Morgan fingerprint density at radius 2 is 2.00 bits per heavy atom. The van der Waals surface area contributed by atoms with Crippen LogP contribution < -0.4 is 4.74 Å². The quantitative estimate of drug-likeness (QED) is 0.840. The Balaban J connectivity index is 2.02. The molecule has 1 N–H and O–H groups in total. The molecule has 0 aliphatic rings. The monoisotopic (exact) mass is 261 g/mol. The van der Waals surface area contributed by atoms with Crippen LogP contribution in [0.3, 0.4) is 0 Å². The minimum Gasteiger partial charge on any atom is -0.497 e. The lowest BCUT2D eigenvalue weighted by atomic mass is 10.2. The number of nitrogens with zero attached hydrogens (tertiary/aromatic N) is 1. The molecule has 18 heavy (non-hydrogen) atoms. The second-order valence-corrected chi connectivity index (χ2v) is 4.76. The van der Waals surface area contributed by atoms with Crippen LogP contribution in [0, 0.1) is 0 Å². The average molecular weight is 261 g/mol. The van der Waals surface area contributed by atoms with Crippen molar-refractivity contribution in [3.05, 3.63) is 53.9 Å². The molecule has 0 amide bonds. The van der Waals surface area contributed by atoms with Crippen molar-refractivity contribution >= 4 is 11.8 Å². The summed E-state index contributed by atoms with van der Waals surface area (Å²) in [6.45, 7) is -0.0220. The Morgan fingerprint density at radius 1 is 1.22 bits per heavy atom. The van der Waals surface area contributed by atoms with E-state index in [1.165, 1.54) is 5.56 Å². The second kappa shape index (κ2) is 6.42. The van der Waals surface area contributed by atoms with Crippen molar-refractivity contribution in [3.8, 4) is 5.75 Å².